The predicted octanol–water partition coefficient (Wildman–Crippen LogP) is -0.0788. The Balaban J connectivity index is 0. The summed E-state index contributed by atoms with van der Waals surface area (Å²) in [6, 6.07) is 0. The minimum atomic E-state index is -0.455. The molecule has 4 nitrogen and oxygen atoms in total. The first-order valence-electron chi connectivity index (χ1n) is 2.62. The maximum atomic E-state index is 10.5. The quantitative estimate of drug-likeness (QED) is 0.433. The van der Waals surface area contributed by atoms with Crippen LogP contribution in [0.4, 0.5) is 0 Å². The molecule has 0 saturated heterocycles. The third-order valence-corrected chi connectivity index (χ3v) is 0.673. The molecule has 1 radical (unpaired) electrons. The molecule has 0 bridgehead atoms. The first-order chi connectivity index (χ1) is 4.18. The van der Waals surface area contributed by atoms with Crippen LogP contribution in [0.15, 0.2) is 12.2 Å². The number of carbonyl (C=O) groups is 1. The summed E-state index contributed by atoms with van der Waals surface area (Å²) in [7, 11) is 0. The molecular weight excluding hydrogens is 136 g/mol. The Labute approximate surface area is 59.4 Å². The molecule has 0 aliphatic rings. The molecule has 0 aromatic carbocycles. The highest BCUT2D eigenvalue weighted by atomic mass is 16.5. The van der Waals surface area contributed by atoms with E-state index in [1.54, 1.807) is 6.92 Å². The average Bonchev–Trinajstić information content (AvgIpc) is 1.82. The number of rotatable bonds is 3. The van der Waals surface area contributed by atoms with E-state index in [1.807, 2.05) is 0 Å². The highest BCUT2D eigenvalue weighted by Crippen LogP contribution is 1.89. The van der Waals surface area contributed by atoms with Gasteiger partial charge in [-0.1, -0.05) is 6.58 Å². The molecule has 0 saturated carbocycles. The molecule has 0 aromatic rings. The van der Waals surface area contributed by atoms with Gasteiger partial charge in [-0.25, -0.2) is 4.79 Å². The van der Waals surface area contributed by atoms with E-state index in [1.165, 1.54) is 0 Å². The van der Waals surface area contributed by atoms with Gasteiger partial charge in [0.2, 0.25) is 0 Å². The Kier molecular flexibility index (Phi) is 7.42. The molecule has 0 rings (SSSR count). The number of esters is 1. The van der Waals surface area contributed by atoms with Gasteiger partial charge < -0.3 is 9.84 Å². The van der Waals surface area contributed by atoms with E-state index in [2.05, 4.69) is 11.3 Å². The van der Waals surface area contributed by atoms with E-state index >= 15 is 0 Å². The maximum Gasteiger partial charge on any atom is 0.333 e. The maximum absolute atomic E-state index is 10.5. The zero-order chi connectivity index (χ0) is 7.28. The van der Waals surface area contributed by atoms with E-state index in [4.69, 9.17) is 5.11 Å². The normalized spacial score (nSPS) is 7.80. The van der Waals surface area contributed by atoms with Crippen molar-refractivity contribution < 1.29 is 20.1 Å². The molecule has 10 heavy (non-hydrogen) atoms. The Morgan fingerprint density at radius 3 is 2.50 bits per heavy atom. The molecule has 4 heteroatoms. The fraction of sp³-hybridized carbons (Fsp3) is 0.500. The molecular formula is C6H11O4. The van der Waals surface area contributed by atoms with Crippen LogP contribution in [0.5, 0.6) is 0 Å². The predicted molar refractivity (Wildman–Crippen MR) is 34.8 cm³/mol. The van der Waals surface area contributed by atoms with Crippen molar-refractivity contribution in [3.63, 3.8) is 0 Å². The molecule has 2 N–H and O–H groups in total. The zero-order valence-electron chi connectivity index (χ0n) is 5.83. The Morgan fingerprint density at radius 2 is 2.20 bits per heavy atom. The second-order valence-electron chi connectivity index (χ2n) is 1.64. The largest absolute Gasteiger partial charge is 0.460 e. The van der Waals surface area contributed by atoms with Crippen LogP contribution in [0.3, 0.4) is 0 Å². The van der Waals surface area contributed by atoms with Crippen molar-refractivity contribution in [2.24, 2.45) is 0 Å². The number of ether oxygens (including phenoxy) is 1. The Hall–Kier alpha value is -0.870. The van der Waals surface area contributed by atoms with E-state index in [0.717, 1.165) is 0 Å². The number of hydrogen-bond acceptors (Lipinski definition) is 3. The van der Waals surface area contributed by atoms with Crippen LogP contribution >= 0.6 is 0 Å². The van der Waals surface area contributed by atoms with Crippen LogP contribution in [0, 0.1) is 0 Å². The summed E-state index contributed by atoms with van der Waals surface area (Å²) in [6.45, 7) is 4.81. The van der Waals surface area contributed by atoms with Gasteiger partial charge in [-0.2, -0.15) is 0 Å². The van der Waals surface area contributed by atoms with Crippen molar-refractivity contribution in [1.29, 1.82) is 0 Å². The number of carbonyl (C=O) groups excluding carboxylic acids is 1. The van der Waals surface area contributed by atoms with E-state index in [9.17, 15) is 4.79 Å². The summed E-state index contributed by atoms with van der Waals surface area (Å²) in [5, 5.41) is 8.19. The van der Waals surface area contributed by atoms with E-state index in [-0.39, 0.29) is 18.7 Å². The van der Waals surface area contributed by atoms with Crippen molar-refractivity contribution in [3.05, 3.63) is 12.2 Å². The number of aliphatic hydroxyl groups excluding tert-OH is 1. The Bertz CT molecular complexity index is 119. The lowest BCUT2D eigenvalue weighted by molar-refractivity contribution is -0.139. The van der Waals surface area contributed by atoms with Gasteiger partial charge >= 0.3 is 5.97 Å². The first kappa shape index (κ1) is 11.9. The highest BCUT2D eigenvalue weighted by Gasteiger charge is 1.99. The molecule has 0 unspecified atom stereocenters. The van der Waals surface area contributed by atoms with Crippen molar-refractivity contribution in [1.82, 2.24) is 0 Å². The van der Waals surface area contributed by atoms with Crippen LogP contribution in [0.2, 0.25) is 0 Å². The van der Waals surface area contributed by atoms with Crippen molar-refractivity contribution in [2.75, 3.05) is 13.2 Å². The van der Waals surface area contributed by atoms with Crippen LogP contribution in [0.25, 0.3) is 0 Å². The standard InChI is InChI=1S/C6H10O3.HO/c1-5(2)6(8)9-4-3-7;/h7H,1,3-4H2,2H3;1H. The summed E-state index contributed by atoms with van der Waals surface area (Å²) in [4.78, 5) is 10.5. The van der Waals surface area contributed by atoms with Crippen molar-refractivity contribution in [2.45, 2.75) is 6.92 Å². The van der Waals surface area contributed by atoms with Crippen LogP contribution in [-0.4, -0.2) is 29.8 Å². The lowest BCUT2D eigenvalue weighted by atomic mass is 10.4. The SMILES string of the molecule is C=C(C)C(=O)OCCO.[OH]. The van der Waals surface area contributed by atoms with Crippen LogP contribution < -0.4 is 0 Å². The van der Waals surface area contributed by atoms with Crippen LogP contribution in [0.1, 0.15) is 6.92 Å². The lowest BCUT2D eigenvalue weighted by Crippen LogP contribution is -2.08. The van der Waals surface area contributed by atoms with Gasteiger partial charge in [0.25, 0.3) is 0 Å². The second kappa shape index (κ2) is 6.25. The van der Waals surface area contributed by atoms with Gasteiger partial charge in [0.1, 0.15) is 6.61 Å². The lowest BCUT2D eigenvalue weighted by Gasteiger charge is -1.99. The molecule has 0 aliphatic heterocycles. The zero-order valence-corrected chi connectivity index (χ0v) is 5.83. The molecule has 0 aliphatic carbocycles. The van der Waals surface area contributed by atoms with Gasteiger partial charge in [-0.05, 0) is 6.92 Å². The van der Waals surface area contributed by atoms with E-state index in [0.29, 0.717) is 5.57 Å². The third-order valence-electron chi connectivity index (χ3n) is 0.673. The summed E-state index contributed by atoms with van der Waals surface area (Å²) in [5.74, 6) is -0.455. The fourth-order valence-electron chi connectivity index (χ4n) is 0.262. The topological polar surface area (TPSA) is 76.5 Å². The molecule has 0 heterocycles. The molecule has 0 fully saturated rings. The summed E-state index contributed by atoms with van der Waals surface area (Å²) < 4.78 is 4.46. The first-order valence-corrected chi connectivity index (χ1v) is 2.62. The molecule has 59 valence electrons. The minimum absolute atomic E-state index is 0. The van der Waals surface area contributed by atoms with Gasteiger partial charge in [0.05, 0.1) is 6.61 Å². The van der Waals surface area contributed by atoms with Crippen molar-refractivity contribution >= 4 is 5.97 Å². The van der Waals surface area contributed by atoms with Gasteiger partial charge in [-0.3, -0.25) is 5.48 Å². The second-order valence-corrected chi connectivity index (χ2v) is 1.64. The monoisotopic (exact) mass is 147 g/mol. The van der Waals surface area contributed by atoms with Crippen LogP contribution in [-0.2, 0) is 9.53 Å². The smallest absolute Gasteiger partial charge is 0.333 e. The summed E-state index contributed by atoms with van der Waals surface area (Å²) >= 11 is 0. The third kappa shape index (κ3) is 5.27. The van der Waals surface area contributed by atoms with E-state index < -0.39 is 5.97 Å². The number of aliphatic hydroxyl groups is 1. The van der Waals surface area contributed by atoms with Crippen molar-refractivity contribution in [3.8, 4) is 0 Å². The average molecular weight is 147 g/mol. The highest BCUT2D eigenvalue weighted by molar-refractivity contribution is 5.86. The minimum Gasteiger partial charge on any atom is -0.460 e. The molecule has 0 amide bonds. The van der Waals surface area contributed by atoms with Gasteiger partial charge in [0.15, 0.2) is 0 Å². The number of hydrogen-bond donors (Lipinski definition) is 2. The summed E-state index contributed by atoms with van der Waals surface area (Å²) in [6.07, 6.45) is 0. The summed E-state index contributed by atoms with van der Waals surface area (Å²) in [5.41, 5.74) is 0.350. The Morgan fingerprint density at radius 1 is 1.70 bits per heavy atom. The molecule has 0 atom stereocenters. The molecule has 0 spiro atoms. The van der Waals surface area contributed by atoms with Gasteiger partial charge in [0, 0.05) is 5.57 Å². The molecule has 0 aromatic heterocycles. The fourth-order valence-corrected chi connectivity index (χ4v) is 0.262. The van der Waals surface area contributed by atoms with Gasteiger partial charge in [-0.15, -0.1) is 0 Å².